The molecule has 1 fully saturated rings. The van der Waals surface area contributed by atoms with Crippen molar-refractivity contribution in [1.29, 1.82) is 0 Å². The van der Waals surface area contributed by atoms with Crippen LogP contribution in [0.25, 0.3) is 21.7 Å². The maximum absolute atomic E-state index is 15.3. The molecular weight excluding hydrogens is 1540 g/mol. The van der Waals surface area contributed by atoms with Crippen molar-refractivity contribution >= 4 is 144 Å². The summed E-state index contributed by atoms with van der Waals surface area (Å²) in [4.78, 5) is 239. The summed E-state index contributed by atoms with van der Waals surface area (Å²) >= 11 is 0. The average molecular weight is 1660 g/mol. The molecule has 0 bridgehead atoms. The van der Waals surface area contributed by atoms with Crippen LogP contribution in [0.1, 0.15) is 156 Å². The van der Waals surface area contributed by atoms with Crippen LogP contribution >= 0.6 is 21.6 Å². The molecule has 0 spiro atoms. The van der Waals surface area contributed by atoms with Gasteiger partial charge in [0.15, 0.2) is 0 Å². The molecule has 1 saturated heterocycles. The summed E-state index contributed by atoms with van der Waals surface area (Å²) in [6.45, 7) is 13.2. The Morgan fingerprint density at radius 1 is 0.603 bits per heavy atom. The Bertz CT molecular complexity index is 4230. The summed E-state index contributed by atoms with van der Waals surface area (Å²) in [6, 6.07) is 2.31. The number of carbonyl (C=O) groups excluding carboxylic acids is 17. The number of fused-ring (bicyclic) bond motifs is 2. The van der Waals surface area contributed by atoms with Crippen molar-refractivity contribution in [3.63, 3.8) is 0 Å². The molecule has 0 unspecified atom stereocenters. The number of aliphatic hydroxyl groups excluding tert-OH is 1. The fraction of sp³-hybridized carbons (Fsp3) is 0.545. The topological polar surface area (TPSA) is 599 Å². The molecule has 3 aromatic carbocycles. The van der Waals surface area contributed by atoms with Crippen LogP contribution in [-0.2, 0) is 89.6 Å². The van der Waals surface area contributed by atoms with Crippen LogP contribution in [0.4, 0.5) is 4.79 Å². The van der Waals surface area contributed by atoms with Gasteiger partial charge in [-0.1, -0.05) is 82.3 Å². The Kier molecular flexibility index (Phi) is 37.4. The minimum Gasteiger partial charge on any atom is -0.391 e. The fourth-order valence-electron chi connectivity index (χ4n) is 12.7. The number of aliphatic hydroxyl groups is 1. The van der Waals surface area contributed by atoms with E-state index in [0.717, 1.165) is 44.8 Å². The van der Waals surface area contributed by atoms with Gasteiger partial charge in [-0.15, -0.1) is 0 Å². The molecule has 0 radical (unpaired) electrons. The average Bonchev–Trinajstić information content (AvgIpc) is 1.32. The number of aromatic amines is 1. The summed E-state index contributed by atoms with van der Waals surface area (Å²) in [5.74, 6) is -14.1. The molecule has 5 rings (SSSR count). The first-order valence-corrected chi connectivity index (χ1v) is 40.4. The smallest absolute Gasteiger partial charge is 0.312 e. The standard InChI is InChI=1S/C77H113N19O18S2/c1-41-19-17-22-50-49(39-85-60(41)50)38-56-68(108)89-53(27-28-57(79)101)67(107)95-62(75(6,7)115-116-76(8,9)63(87-45(5)100)72(112)90-51(24-18-33-84-74(81)114)66(106)94-61(43(3)98)70(110)92-56)71(111)86-40-59(103)88-55(37-46-25-26-47-20-11-12-21-48(47)36-46)69(109)96-77(10,30-14-15-31-78)73(113)93-52(23-13-16-32-82-44(4)99)65(105)91-54(35-42(2)97)64(104)83-34-29-58(80)102/h11-12,17,19-22,25-26,36,39,43,51-56,61-63,85,98H,13-16,18,23-24,27-35,37-38,40,78H2,1-10H3,(H2,79,101)(H2,80,102)(H,82,99)(H,83,104)(H,86,111)(H,87,100)(H,88,103)(H,89,108)(H,90,112)(H,91,105)(H,92,110)(H,93,113)(H,94,106)(H,95,107)(H,96,109)(H3,81,84,114)/t43-,51+,52+,53+,54+,55+,56+,61+,62-,63-,77+/m1/s1. The van der Waals surface area contributed by atoms with E-state index in [2.05, 4.69) is 79.4 Å². The monoisotopic (exact) mass is 1660 g/mol. The minimum absolute atomic E-state index is 0.00373. The highest BCUT2D eigenvalue weighted by Crippen LogP contribution is 2.47. The number of rotatable bonds is 38. The number of amides is 17. The van der Waals surface area contributed by atoms with E-state index in [1.807, 2.05) is 31.2 Å². The number of Topliss-reactive ketones (excluding diaryl/α,β-unsaturated/α-hetero) is 1. The first-order valence-electron chi connectivity index (χ1n) is 38.2. The van der Waals surface area contributed by atoms with Gasteiger partial charge in [0, 0.05) is 92.2 Å². The fourth-order valence-corrected chi connectivity index (χ4v) is 15.5. The third kappa shape index (κ3) is 30.7. The number of aromatic nitrogens is 1. The molecule has 1 aromatic heterocycles. The van der Waals surface area contributed by atoms with E-state index in [0.29, 0.717) is 34.9 Å². The molecule has 39 heteroatoms. The first kappa shape index (κ1) is 95.7. The van der Waals surface area contributed by atoms with Gasteiger partial charge in [0.1, 0.15) is 65.7 Å². The Labute approximate surface area is 680 Å². The van der Waals surface area contributed by atoms with Crippen molar-refractivity contribution in [2.45, 2.75) is 235 Å². The second-order valence-electron chi connectivity index (χ2n) is 30.1. The lowest BCUT2D eigenvalue weighted by Crippen LogP contribution is -2.64. The van der Waals surface area contributed by atoms with E-state index in [-0.39, 0.29) is 89.9 Å². The summed E-state index contributed by atoms with van der Waals surface area (Å²) in [6.07, 6.45) is -1.86. The number of unbranched alkanes of at least 4 members (excludes halogenated alkanes) is 2. The van der Waals surface area contributed by atoms with Crippen molar-refractivity contribution in [3.05, 3.63) is 83.6 Å². The number of hydrogen-bond acceptors (Lipinski definition) is 21. The number of ketones is 1. The molecule has 1 aliphatic rings. The summed E-state index contributed by atoms with van der Waals surface area (Å²) in [5, 5.41) is 49.9. The van der Waals surface area contributed by atoms with Gasteiger partial charge in [-0.3, -0.25) is 76.7 Å². The molecule has 116 heavy (non-hydrogen) atoms. The quantitative estimate of drug-likeness (QED) is 0.0175. The molecule has 0 saturated carbocycles. The van der Waals surface area contributed by atoms with Crippen LogP contribution < -0.4 is 97.4 Å². The van der Waals surface area contributed by atoms with E-state index in [4.69, 9.17) is 22.9 Å². The van der Waals surface area contributed by atoms with Crippen LogP contribution in [0.2, 0.25) is 0 Å². The first-order chi connectivity index (χ1) is 54.5. The lowest BCUT2D eigenvalue weighted by molar-refractivity contribution is -0.138. The van der Waals surface area contributed by atoms with Gasteiger partial charge in [-0.25, -0.2) is 4.79 Å². The zero-order chi connectivity index (χ0) is 86.4. The number of nitrogens with one attached hydrogen (secondary N) is 15. The lowest BCUT2D eigenvalue weighted by Gasteiger charge is -2.39. The van der Waals surface area contributed by atoms with Crippen molar-refractivity contribution in [1.82, 2.24) is 79.4 Å². The van der Waals surface area contributed by atoms with Crippen LogP contribution in [0.3, 0.4) is 0 Å². The maximum atomic E-state index is 15.3. The number of hydrogen-bond donors (Lipinski definition) is 20. The number of urea groups is 1. The zero-order valence-corrected chi connectivity index (χ0v) is 68.7. The van der Waals surface area contributed by atoms with Gasteiger partial charge in [0.2, 0.25) is 88.6 Å². The Balaban J connectivity index is 1.60. The number of aryl methyl sites for hydroxylation is 1. The van der Waals surface area contributed by atoms with Crippen LogP contribution in [0.5, 0.6) is 0 Å². The predicted molar refractivity (Wildman–Crippen MR) is 435 cm³/mol. The van der Waals surface area contributed by atoms with E-state index in [1.165, 1.54) is 41.5 Å². The Morgan fingerprint density at radius 3 is 1.89 bits per heavy atom. The highest BCUT2D eigenvalue weighted by atomic mass is 33.1. The zero-order valence-electron chi connectivity index (χ0n) is 67.1. The van der Waals surface area contributed by atoms with E-state index in [9.17, 15) is 62.6 Å². The third-order valence-electron chi connectivity index (χ3n) is 19.1. The second-order valence-corrected chi connectivity index (χ2v) is 33.5. The lowest BCUT2D eigenvalue weighted by atomic mass is 9.91. The number of primary amides is 3. The molecule has 37 nitrogen and oxygen atoms in total. The Morgan fingerprint density at radius 2 is 1.24 bits per heavy atom. The maximum Gasteiger partial charge on any atom is 0.312 e. The van der Waals surface area contributed by atoms with Crippen LogP contribution in [-0.4, -0.2) is 219 Å². The van der Waals surface area contributed by atoms with Gasteiger partial charge in [-0.2, -0.15) is 0 Å². The van der Waals surface area contributed by atoms with Gasteiger partial charge < -0.3 is 107 Å². The van der Waals surface area contributed by atoms with Crippen molar-refractivity contribution < 1.29 is 86.6 Å². The molecule has 0 aliphatic carbocycles. The number of para-hydroxylation sites is 1. The summed E-state index contributed by atoms with van der Waals surface area (Å²) in [7, 11) is 1.84. The van der Waals surface area contributed by atoms with Crippen molar-refractivity contribution in [2.75, 3.05) is 32.7 Å². The molecule has 11 atom stereocenters. The molecule has 636 valence electrons. The Hall–Kier alpha value is -10.9. The highest BCUT2D eigenvalue weighted by molar-refractivity contribution is 8.77. The number of H-pyrrole nitrogens is 1. The van der Waals surface area contributed by atoms with E-state index < -0.39 is 196 Å². The predicted octanol–water partition coefficient (Wildman–Crippen LogP) is -1.76. The molecular formula is C77H113N19O18S2. The van der Waals surface area contributed by atoms with Crippen LogP contribution in [0, 0.1) is 6.92 Å². The largest absolute Gasteiger partial charge is 0.391 e. The van der Waals surface area contributed by atoms with E-state index in [1.54, 1.807) is 56.4 Å². The third-order valence-corrected chi connectivity index (χ3v) is 23.4. The molecule has 4 aromatic rings. The molecule has 17 amide bonds. The second kappa shape index (κ2) is 45.4. The number of nitrogens with two attached hydrogens (primary N) is 4. The van der Waals surface area contributed by atoms with Crippen molar-refractivity contribution in [2.24, 2.45) is 22.9 Å². The minimum atomic E-state index is -1.93. The van der Waals surface area contributed by atoms with Gasteiger partial charge in [0.25, 0.3) is 0 Å². The van der Waals surface area contributed by atoms with Gasteiger partial charge in [0.05, 0.1) is 12.6 Å². The van der Waals surface area contributed by atoms with E-state index >= 15 is 24.0 Å². The summed E-state index contributed by atoms with van der Waals surface area (Å²) < 4.78 is -3.07. The number of benzene rings is 3. The summed E-state index contributed by atoms with van der Waals surface area (Å²) in [5.41, 5.74) is 22.7. The van der Waals surface area contributed by atoms with Crippen LogP contribution in [0.15, 0.2) is 66.9 Å². The SMILES string of the molecule is CC(=O)C[C@H](NC(=O)[C@H](CCCCNC(C)=O)NC(=O)[C@](C)(CCCCN)NC(=O)[C@H](Cc1ccc2ccccc2c1)NC(=O)CNC(=O)[C@H]1NC(=O)[C@H](CCC(N)=O)NC(=O)[C@H](Cc2c[nH]c3c(C)cccc23)NC(=O)[C@H]([C@@H](C)O)NC(=O)[C@H](CCCNC(N)=O)NC(=O)[C@@H](NC(C)=O)C(C)(C)SSC1(C)C)C(=O)NCCC(N)=O. The van der Waals surface area contributed by atoms with Crippen molar-refractivity contribution in [3.8, 4) is 0 Å². The van der Waals surface area contributed by atoms with Gasteiger partial charge >= 0.3 is 6.03 Å². The normalized spacial score (nSPS) is 19.6. The highest BCUT2D eigenvalue weighted by Gasteiger charge is 2.46. The molecule has 2 heterocycles. The number of carbonyl (C=O) groups is 17. The molecule has 24 N–H and O–H groups in total. The molecule has 1 aliphatic heterocycles. The van der Waals surface area contributed by atoms with Gasteiger partial charge in [-0.05, 0) is 147 Å².